The summed E-state index contributed by atoms with van der Waals surface area (Å²) in [6, 6.07) is 4.30. The topological polar surface area (TPSA) is 29.1 Å². The third-order valence-corrected chi connectivity index (χ3v) is 3.61. The molecule has 0 bridgehead atoms. The summed E-state index contributed by atoms with van der Waals surface area (Å²) in [5.41, 5.74) is 0.485. The molecule has 4 heteroatoms. The highest BCUT2D eigenvalue weighted by molar-refractivity contribution is 9.10. The summed E-state index contributed by atoms with van der Waals surface area (Å²) in [6.45, 7) is 2.88. The molecular formula is C15H21BrFNO. The Bertz CT molecular complexity index is 409. The Morgan fingerprint density at radius 1 is 1.21 bits per heavy atom. The van der Waals surface area contributed by atoms with Crippen molar-refractivity contribution in [3.05, 3.63) is 34.1 Å². The first-order valence-electron chi connectivity index (χ1n) is 6.88. The molecule has 106 valence electrons. The van der Waals surface area contributed by atoms with Crippen molar-refractivity contribution < 1.29 is 9.18 Å². The van der Waals surface area contributed by atoms with Crippen LogP contribution in [0, 0.1) is 5.82 Å². The lowest BCUT2D eigenvalue weighted by atomic mass is 10.1. The molecule has 1 aromatic rings. The Hall–Kier alpha value is -0.900. The number of rotatable bonds is 8. The highest BCUT2D eigenvalue weighted by Crippen LogP contribution is 2.16. The fraction of sp³-hybridized carbons (Fsp3) is 0.533. The van der Waals surface area contributed by atoms with Gasteiger partial charge in [0.25, 0.3) is 5.91 Å². The van der Waals surface area contributed by atoms with Crippen molar-refractivity contribution >= 4 is 21.8 Å². The number of hydrogen-bond acceptors (Lipinski definition) is 1. The van der Waals surface area contributed by atoms with Crippen LogP contribution in [0.3, 0.4) is 0 Å². The molecule has 0 fully saturated rings. The van der Waals surface area contributed by atoms with E-state index in [0.717, 1.165) is 12.8 Å². The van der Waals surface area contributed by atoms with Gasteiger partial charge in [0.05, 0.1) is 4.47 Å². The second-order valence-electron chi connectivity index (χ2n) is 4.65. The molecule has 1 aromatic carbocycles. The normalized spacial score (nSPS) is 10.5. The van der Waals surface area contributed by atoms with Gasteiger partial charge in [0, 0.05) is 12.1 Å². The number of nitrogens with one attached hydrogen (secondary N) is 1. The molecule has 0 atom stereocenters. The molecule has 1 N–H and O–H groups in total. The van der Waals surface area contributed by atoms with Crippen molar-refractivity contribution in [3.8, 4) is 0 Å². The third-order valence-electron chi connectivity index (χ3n) is 3.00. The minimum atomic E-state index is -0.354. The molecule has 0 heterocycles. The van der Waals surface area contributed by atoms with E-state index in [1.165, 1.54) is 43.9 Å². The summed E-state index contributed by atoms with van der Waals surface area (Å²) < 4.78 is 13.4. The largest absolute Gasteiger partial charge is 0.352 e. The van der Waals surface area contributed by atoms with Gasteiger partial charge in [-0.2, -0.15) is 0 Å². The van der Waals surface area contributed by atoms with Crippen molar-refractivity contribution in [2.24, 2.45) is 0 Å². The fourth-order valence-electron chi connectivity index (χ4n) is 1.85. The van der Waals surface area contributed by atoms with Crippen molar-refractivity contribution in [2.45, 2.75) is 45.4 Å². The molecule has 0 aliphatic rings. The van der Waals surface area contributed by atoms with Crippen molar-refractivity contribution in [1.82, 2.24) is 5.32 Å². The lowest BCUT2D eigenvalue weighted by Crippen LogP contribution is -2.24. The van der Waals surface area contributed by atoms with Gasteiger partial charge in [-0.3, -0.25) is 4.79 Å². The Labute approximate surface area is 122 Å². The number of halogens is 2. The second-order valence-corrected chi connectivity index (χ2v) is 5.51. The molecule has 1 rings (SSSR count). The quantitative estimate of drug-likeness (QED) is 0.689. The molecule has 2 nitrogen and oxygen atoms in total. The molecule has 19 heavy (non-hydrogen) atoms. The third kappa shape index (κ3) is 6.19. The molecular weight excluding hydrogens is 309 g/mol. The SMILES string of the molecule is CCCCCCCCNC(=O)c1ccc(F)c(Br)c1. The van der Waals surface area contributed by atoms with Crippen LogP contribution >= 0.6 is 15.9 Å². The van der Waals surface area contributed by atoms with Crippen LogP contribution in [0.4, 0.5) is 4.39 Å². The van der Waals surface area contributed by atoms with E-state index >= 15 is 0 Å². The van der Waals surface area contributed by atoms with Crippen LogP contribution in [0.1, 0.15) is 55.8 Å². The van der Waals surface area contributed by atoms with Crippen molar-refractivity contribution in [2.75, 3.05) is 6.54 Å². The van der Waals surface area contributed by atoms with Crippen LogP contribution in [-0.2, 0) is 0 Å². The van der Waals surface area contributed by atoms with Gasteiger partial charge in [-0.15, -0.1) is 0 Å². The fourth-order valence-corrected chi connectivity index (χ4v) is 2.23. The van der Waals surface area contributed by atoms with Gasteiger partial charge in [-0.05, 0) is 40.5 Å². The molecule has 0 aromatic heterocycles. The first-order chi connectivity index (χ1) is 9.15. The standard InChI is InChI=1S/C15H21BrFNO/c1-2-3-4-5-6-7-10-18-15(19)12-8-9-14(17)13(16)11-12/h8-9,11H,2-7,10H2,1H3,(H,18,19). The maximum Gasteiger partial charge on any atom is 0.251 e. The van der Waals surface area contributed by atoms with Crippen LogP contribution < -0.4 is 5.32 Å². The summed E-state index contributed by atoms with van der Waals surface area (Å²) >= 11 is 3.08. The maximum atomic E-state index is 13.0. The van der Waals surface area contributed by atoms with Crippen LogP contribution in [0.2, 0.25) is 0 Å². The lowest BCUT2D eigenvalue weighted by Gasteiger charge is -2.06. The predicted octanol–water partition coefficient (Wildman–Crippen LogP) is 4.68. The summed E-state index contributed by atoms with van der Waals surface area (Å²) in [7, 11) is 0. The number of carbonyl (C=O) groups is 1. The molecule has 0 aliphatic carbocycles. The van der Waals surface area contributed by atoms with E-state index in [1.807, 2.05) is 0 Å². The number of benzene rings is 1. The van der Waals surface area contributed by atoms with Gasteiger partial charge in [-0.1, -0.05) is 39.0 Å². The van der Waals surface area contributed by atoms with E-state index < -0.39 is 0 Å². The summed E-state index contributed by atoms with van der Waals surface area (Å²) in [5, 5.41) is 2.85. The molecule has 1 amide bonds. The summed E-state index contributed by atoms with van der Waals surface area (Å²) in [4.78, 5) is 11.8. The zero-order chi connectivity index (χ0) is 14.1. The Morgan fingerprint density at radius 3 is 2.58 bits per heavy atom. The van der Waals surface area contributed by atoms with E-state index in [0.29, 0.717) is 16.6 Å². The molecule has 0 unspecified atom stereocenters. The summed E-state index contributed by atoms with van der Waals surface area (Å²) in [6.07, 6.45) is 7.18. The van der Waals surface area contributed by atoms with Crippen LogP contribution in [0.15, 0.2) is 22.7 Å². The number of unbranched alkanes of at least 4 members (excludes halogenated alkanes) is 5. The number of hydrogen-bond donors (Lipinski definition) is 1. The average Bonchev–Trinajstić information content (AvgIpc) is 2.40. The molecule has 0 spiro atoms. The smallest absolute Gasteiger partial charge is 0.251 e. The van der Waals surface area contributed by atoms with Crippen LogP contribution in [-0.4, -0.2) is 12.5 Å². The first-order valence-corrected chi connectivity index (χ1v) is 7.67. The van der Waals surface area contributed by atoms with Crippen molar-refractivity contribution in [1.29, 1.82) is 0 Å². The lowest BCUT2D eigenvalue weighted by molar-refractivity contribution is 0.0953. The molecule has 0 radical (unpaired) electrons. The van der Waals surface area contributed by atoms with Crippen LogP contribution in [0.25, 0.3) is 0 Å². The molecule has 0 aliphatic heterocycles. The van der Waals surface area contributed by atoms with Gasteiger partial charge in [0.1, 0.15) is 5.82 Å². The molecule has 0 saturated carbocycles. The Morgan fingerprint density at radius 2 is 1.89 bits per heavy atom. The van der Waals surface area contributed by atoms with Gasteiger partial charge >= 0.3 is 0 Å². The highest BCUT2D eigenvalue weighted by Gasteiger charge is 2.07. The van der Waals surface area contributed by atoms with E-state index in [1.54, 1.807) is 0 Å². The number of amides is 1. The van der Waals surface area contributed by atoms with Gasteiger partial charge in [-0.25, -0.2) is 4.39 Å². The zero-order valence-corrected chi connectivity index (χ0v) is 12.9. The van der Waals surface area contributed by atoms with E-state index in [4.69, 9.17) is 0 Å². The molecule has 0 saturated heterocycles. The second kappa shape index (κ2) is 9.08. The van der Waals surface area contributed by atoms with Gasteiger partial charge in [0.15, 0.2) is 0 Å². The monoisotopic (exact) mass is 329 g/mol. The first kappa shape index (κ1) is 16.2. The van der Waals surface area contributed by atoms with Crippen molar-refractivity contribution in [3.63, 3.8) is 0 Å². The van der Waals surface area contributed by atoms with Gasteiger partial charge in [0.2, 0.25) is 0 Å². The predicted molar refractivity (Wildman–Crippen MR) is 79.8 cm³/mol. The average molecular weight is 330 g/mol. The van der Waals surface area contributed by atoms with E-state index in [2.05, 4.69) is 28.2 Å². The van der Waals surface area contributed by atoms with Crippen LogP contribution in [0.5, 0.6) is 0 Å². The maximum absolute atomic E-state index is 13.0. The number of carbonyl (C=O) groups excluding carboxylic acids is 1. The summed E-state index contributed by atoms with van der Waals surface area (Å²) in [5.74, 6) is -0.498. The highest BCUT2D eigenvalue weighted by atomic mass is 79.9. The Kier molecular flexibility index (Phi) is 7.72. The minimum Gasteiger partial charge on any atom is -0.352 e. The Balaban J connectivity index is 2.22. The van der Waals surface area contributed by atoms with E-state index in [-0.39, 0.29) is 11.7 Å². The zero-order valence-electron chi connectivity index (χ0n) is 11.3. The van der Waals surface area contributed by atoms with E-state index in [9.17, 15) is 9.18 Å². The van der Waals surface area contributed by atoms with Gasteiger partial charge < -0.3 is 5.32 Å². The minimum absolute atomic E-state index is 0.144.